The molecule has 0 saturated heterocycles. The molecule has 0 fully saturated rings. The molecule has 0 aromatic rings. The van der Waals surface area contributed by atoms with Crippen LogP contribution in [0.1, 0.15) is 39.5 Å². The van der Waals surface area contributed by atoms with E-state index in [1.54, 1.807) is 0 Å². The topological polar surface area (TPSA) is 20.2 Å². The second-order valence-corrected chi connectivity index (χ2v) is 2.78. The molecule has 0 atom stereocenters. The van der Waals surface area contributed by atoms with Crippen molar-refractivity contribution in [3.05, 3.63) is 17.4 Å². The van der Waals surface area contributed by atoms with Gasteiger partial charge in [-0.25, -0.2) is 0 Å². The molecule has 0 aromatic carbocycles. The first kappa shape index (κ1) is 10.5. The van der Waals surface area contributed by atoms with Crippen molar-refractivity contribution in [1.29, 1.82) is 0 Å². The van der Waals surface area contributed by atoms with Crippen LogP contribution in [0.25, 0.3) is 0 Å². The van der Waals surface area contributed by atoms with E-state index >= 15 is 0 Å². The molecular weight excluding hydrogens is 136 g/mol. The zero-order chi connectivity index (χ0) is 8.53. The molecule has 11 heavy (non-hydrogen) atoms. The van der Waals surface area contributed by atoms with E-state index < -0.39 is 0 Å². The highest BCUT2D eigenvalue weighted by Crippen LogP contribution is 1.99. The third kappa shape index (κ3) is 7.38. The summed E-state index contributed by atoms with van der Waals surface area (Å²) >= 11 is 0. The summed E-state index contributed by atoms with van der Waals surface area (Å²) in [4.78, 5) is 0. The molecule has 1 N–H and O–H groups in total. The van der Waals surface area contributed by atoms with Crippen molar-refractivity contribution in [3.8, 4) is 0 Å². The van der Waals surface area contributed by atoms with Crippen LogP contribution in [0.2, 0.25) is 0 Å². The van der Waals surface area contributed by atoms with Gasteiger partial charge in [-0.05, 0) is 31.4 Å². The summed E-state index contributed by atoms with van der Waals surface area (Å²) in [5, 5.41) is 8.62. The van der Waals surface area contributed by atoms with Gasteiger partial charge in [0.25, 0.3) is 0 Å². The lowest BCUT2D eigenvalue weighted by molar-refractivity contribution is 0.331. The summed E-state index contributed by atoms with van der Waals surface area (Å²) in [7, 11) is 0. The van der Waals surface area contributed by atoms with Crippen LogP contribution >= 0.6 is 0 Å². The van der Waals surface area contributed by atoms with Crippen molar-refractivity contribution in [2.45, 2.75) is 39.5 Å². The summed E-state index contributed by atoms with van der Waals surface area (Å²) < 4.78 is 0. The van der Waals surface area contributed by atoms with E-state index in [0.29, 0.717) is 0 Å². The zero-order valence-electron chi connectivity index (χ0n) is 7.56. The van der Waals surface area contributed by atoms with Crippen molar-refractivity contribution in [1.82, 2.24) is 0 Å². The maximum atomic E-state index is 8.62. The summed E-state index contributed by atoms with van der Waals surface area (Å²) in [5.41, 5.74) is 3.95. The number of hydrogen-bond donors (Lipinski definition) is 1. The lowest BCUT2D eigenvalue weighted by Gasteiger charge is -1.89. The predicted octanol–water partition coefficient (Wildman–Crippen LogP) is 2.66. The molecule has 0 heterocycles. The molecule has 1 nitrogen and oxygen atoms in total. The fraction of sp³-hybridized carbons (Fsp3) is 0.700. The minimum Gasteiger partial charge on any atom is -0.391 e. The minimum absolute atomic E-state index is 0.129. The van der Waals surface area contributed by atoms with Crippen LogP contribution in [-0.2, 0) is 0 Å². The number of aliphatic hydroxyl groups excluding tert-OH is 1. The van der Waals surface area contributed by atoms with Gasteiger partial charge >= 0.3 is 0 Å². The van der Waals surface area contributed by atoms with Gasteiger partial charge in [0, 0.05) is 0 Å². The second kappa shape index (κ2) is 7.59. The molecule has 0 bridgehead atoms. The molecule has 64 valence electrons. The Labute approximate surface area is 69.4 Å². The van der Waals surface area contributed by atoms with Crippen LogP contribution in [0.5, 0.6) is 0 Å². The molecule has 0 aromatic heterocycles. The first-order chi connectivity index (χ1) is 5.31. The molecule has 0 rings (SSSR count). The van der Waals surface area contributed by atoms with Gasteiger partial charge in [-0.15, -0.1) is 5.73 Å². The molecule has 0 spiro atoms. The highest BCUT2D eigenvalue weighted by molar-refractivity contribution is 4.97. The van der Waals surface area contributed by atoms with Crippen LogP contribution in [0.4, 0.5) is 0 Å². The third-order valence-corrected chi connectivity index (χ3v) is 1.54. The largest absolute Gasteiger partial charge is 0.391 e. The van der Waals surface area contributed by atoms with Gasteiger partial charge in [0.1, 0.15) is 0 Å². The Kier molecular flexibility index (Phi) is 7.23. The van der Waals surface area contributed by atoms with Gasteiger partial charge in [-0.1, -0.05) is 19.8 Å². The van der Waals surface area contributed by atoms with Crippen LogP contribution in [0.15, 0.2) is 17.4 Å². The van der Waals surface area contributed by atoms with Gasteiger partial charge in [0.05, 0.1) is 6.61 Å². The van der Waals surface area contributed by atoms with Crippen LogP contribution in [0, 0.1) is 0 Å². The fourth-order valence-corrected chi connectivity index (χ4v) is 0.788. The molecule has 0 aliphatic rings. The van der Waals surface area contributed by atoms with Crippen LogP contribution in [-0.4, -0.2) is 11.7 Å². The SMILES string of the molecule is CCCCCC=C=C(C)CO. The predicted molar refractivity (Wildman–Crippen MR) is 48.5 cm³/mol. The van der Waals surface area contributed by atoms with E-state index in [-0.39, 0.29) is 6.61 Å². The Bertz CT molecular complexity index is 141. The molecule has 0 saturated carbocycles. The smallest absolute Gasteiger partial charge is 0.0712 e. The fourth-order valence-electron chi connectivity index (χ4n) is 0.788. The summed E-state index contributed by atoms with van der Waals surface area (Å²) in [6.07, 6.45) is 6.89. The van der Waals surface area contributed by atoms with E-state index in [2.05, 4.69) is 12.7 Å². The average Bonchev–Trinajstić information content (AvgIpc) is 2.04. The van der Waals surface area contributed by atoms with Gasteiger partial charge in [-0.3, -0.25) is 0 Å². The summed E-state index contributed by atoms with van der Waals surface area (Å²) in [5.74, 6) is 0. The Hall–Kier alpha value is -0.520. The molecule has 1 heteroatoms. The summed E-state index contributed by atoms with van der Waals surface area (Å²) in [6.45, 7) is 4.21. The monoisotopic (exact) mass is 154 g/mol. The zero-order valence-corrected chi connectivity index (χ0v) is 7.56. The summed E-state index contributed by atoms with van der Waals surface area (Å²) in [6, 6.07) is 0. The normalized spacial score (nSPS) is 9.00. The second-order valence-electron chi connectivity index (χ2n) is 2.78. The van der Waals surface area contributed by atoms with Gasteiger partial charge in [0.2, 0.25) is 0 Å². The lowest BCUT2D eigenvalue weighted by atomic mass is 10.2. The van der Waals surface area contributed by atoms with Crippen molar-refractivity contribution in [3.63, 3.8) is 0 Å². The maximum Gasteiger partial charge on any atom is 0.0712 e. The number of aliphatic hydroxyl groups is 1. The average molecular weight is 154 g/mol. The quantitative estimate of drug-likeness (QED) is 0.477. The Morgan fingerprint density at radius 2 is 2.18 bits per heavy atom. The highest BCUT2D eigenvalue weighted by atomic mass is 16.3. The van der Waals surface area contributed by atoms with Crippen LogP contribution in [0.3, 0.4) is 0 Å². The van der Waals surface area contributed by atoms with Gasteiger partial charge in [-0.2, -0.15) is 0 Å². The minimum atomic E-state index is 0.129. The molecule has 0 amide bonds. The van der Waals surface area contributed by atoms with E-state index in [1.165, 1.54) is 19.3 Å². The third-order valence-electron chi connectivity index (χ3n) is 1.54. The lowest BCUT2D eigenvalue weighted by Crippen LogP contribution is -1.79. The van der Waals surface area contributed by atoms with E-state index in [4.69, 9.17) is 5.11 Å². The highest BCUT2D eigenvalue weighted by Gasteiger charge is 1.81. The molecule has 0 aliphatic heterocycles. The Morgan fingerprint density at radius 3 is 2.73 bits per heavy atom. The van der Waals surface area contributed by atoms with E-state index in [0.717, 1.165) is 12.0 Å². The Morgan fingerprint density at radius 1 is 1.45 bits per heavy atom. The first-order valence-corrected chi connectivity index (χ1v) is 4.32. The van der Waals surface area contributed by atoms with Gasteiger partial charge in [0.15, 0.2) is 0 Å². The standard InChI is InChI=1S/C10H18O/c1-3-4-5-6-7-8-10(2)9-11/h7,11H,3-6,9H2,1-2H3. The number of unbranched alkanes of at least 4 members (excludes halogenated alkanes) is 3. The molecule has 0 radical (unpaired) electrons. The Balaban J connectivity index is 3.43. The van der Waals surface area contributed by atoms with Crippen molar-refractivity contribution < 1.29 is 5.11 Å². The van der Waals surface area contributed by atoms with Crippen LogP contribution < -0.4 is 0 Å². The van der Waals surface area contributed by atoms with E-state index in [1.807, 2.05) is 13.0 Å². The van der Waals surface area contributed by atoms with E-state index in [9.17, 15) is 0 Å². The molecule has 0 unspecified atom stereocenters. The van der Waals surface area contributed by atoms with Crippen molar-refractivity contribution in [2.24, 2.45) is 0 Å². The number of rotatable bonds is 5. The van der Waals surface area contributed by atoms with Gasteiger partial charge < -0.3 is 5.11 Å². The first-order valence-electron chi connectivity index (χ1n) is 4.32. The maximum absolute atomic E-state index is 8.62. The molecular formula is C10H18O. The van der Waals surface area contributed by atoms with Crippen molar-refractivity contribution >= 4 is 0 Å². The van der Waals surface area contributed by atoms with Crippen molar-refractivity contribution in [2.75, 3.05) is 6.61 Å². The number of hydrogen-bond acceptors (Lipinski definition) is 1. The molecule has 0 aliphatic carbocycles.